The molecule has 0 fully saturated rings. The van der Waals surface area contributed by atoms with Crippen molar-refractivity contribution in [2.75, 3.05) is 11.1 Å². The molecule has 0 spiro atoms. The molecule has 0 atom stereocenters. The Morgan fingerprint density at radius 1 is 1.00 bits per heavy atom. The summed E-state index contributed by atoms with van der Waals surface area (Å²) in [5, 5.41) is 3.26. The van der Waals surface area contributed by atoms with Crippen molar-refractivity contribution in [3.05, 3.63) is 87.9 Å². The van der Waals surface area contributed by atoms with Crippen molar-refractivity contribution in [3.8, 4) is 0 Å². The summed E-state index contributed by atoms with van der Waals surface area (Å²) >= 11 is 3.39. The van der Waals surface area contributed by atoms with Gasteiger partial charge < -0.3 is 11.1 Å². The van der Waals surface area contributed by atoms with Gasteiger partial charge in [-0.15, -0.1) is 0 Å². The lowest BCUT2D eigenvalue weighted by molar-refractivity contribution is 0.103. The topological polar surface area (TPSA) is 55.1 Å². The molecule has 0 amide bonds. The Bertz CT molecular complexity index is 888. The van der Waals surface area contributed by atoms with E-state index in [9.17, 15) is 4.79 Å². The van der Waals surface area contributed by atoms with Crippen molar-refractivity contribution in [2.45, 2.75) is 6.92 Å². The summed E-state index contributed by atoms with van der Waals surface area (Å²) in [6, 6.07) is 20.7. The summed E-state index contributed by atoms with van der Waals surface area (Å²) in [7, 11) is 0. The van der Waals surface area contributed by atoms with Crippen LogP contribution in [0.1, 0.15) is 21.5 Å². The maximum Gasteiger partial charge on any atom is 0.193 e. The number of hydrogen-bond acceptors (Lipinski definition) is 3. The second-order valence-corrected chi connectivity index (χ2v) is 6.49. The van der Waals surface area contributed by atoms with Crippen LogP contribution < -0.4 is 11.1 Å². The number of carbonyl (C=O) groups excluding carboxylic acids is 1. The molecule has 0 aliphatic heterocycles. The first-order valence-electron chi connectivity index (χ1n) is 7.57. The molecule has 3 rings (SSSR count). The number of hydrogen-bond donors (Lipinski definition) is 2. The van der Waals surface area contributed by atoms with Gasteiger partial charge >= 0.3 is 0 Å². The molecule has 0 heterocycles. The largest absolute Gasteiger partial charge is 0.397 e. The zero-order valence-electron chi connectivity index (χ0n) is 13.2. The summed E-state index contributed by atoms with van der Waals surface area (Å²) in [6.07, 6.45) is 0. The molecule has 0 aliphatic rings. The first-order chi connectivity index (χ1) is 11.5. The number of rotatable bonds is 4. The molecule has 3 N–H and O–H groups in total. The molecule has 120 valence electrons. The van der Waals surface area contributed by atoms with Gasteiger partial charge in [0.2, 0.25) is 0 Å². The minimum atomic E-state index is 0.0304. The molecule has 3 nitrogen and oxygen atoms in total. The minimum absolute atomic E-state index is 0.0304. The molecule has 24 heavy (non-hydrogen) atoms. The maximum atomic E-state index is 12.6. The molecule has 0 bridgehead atoms. The lowest BCUT2D eigenvalue weighted by Gasteiger charge is -2.10. The Morgan fingerprint density at radius 2 is 1.71 bits per heavy atom. The van der Waals surface area contributed by atoms with E-state index in [2.05, 4.69) is 21.2 Å². The number of nitrogens with one attached hydrogen (secondary N) is 1. The predicted octanol–water partition coefficient (Wildman–Crippen LogP) is 5.31. The van der Waals surface area contributed by atoms with Gasteiger partial charge in [-0.25, -0.2) is 0 Å². The van der Waals surface area contributed by atoms with E-state index < -0.39 is 0 Å². The van der Waals surface area contributed by atoms with Gasteiger partial charge in [-0.1, -0.05) is 40.2 Å². The summed E-state index contributed by atoms with van der Waals surface area (Å²) in [6.45, 7) is 1.94. The molecule has 4 heteroatoms. The van der Waals surface area contributed by atoms with Crippen LogP contribution in [0.15, 0.2) is 71.2 Å². The normalized spacial score (nSPS) is 10.4. The van der Waals surface area contributed by atoms with Crippen LogP contribution in [0.3, 0.4) is 0 Å². The van der Waals surface area contributed by atoms with Crippen molar-refractivity contribution in [1.29, 1.82) is 0 Å². The van der Waals surface area contributed by atoms with Gasteiger partial charge in [0.1, 0.15) is 0 Å². The first kappa shape index (κ1) is 16.3. The summed E-state index contributed by atoms with van der Waals surface area (Å²) in [5.74, 6) is 0.0304. The molecule has 0 unspecified atom stereocenters. The van der Waals surface area contributed by atoms with Gasteiger partial charge in [0.15, 0.2) is 5.78 Å². The quantitative estimate of drug-likeness (QED) is 0.475. The Morgan fingerprint density at radius 3 is 2.38 bits per heavy atom. The highest BCUT2D eigenvalue weighted by Crippen LogP contribution is 2.26. The number of aryl methyl sites for hydroxylation is 1. The van der Waals surface area contributed by atoms with E-state index in [-0.39, 0.29) is 5.78 Å². The zero-order chi connectivity index (χ0) is 17.1. The number of nitrogen functional groups attached to an aromatic ring is 1. The molecule has 3 aromatic rings. The smallest absolute Gasteiger partial charge is 0.193 e. The second-order valence-electron chi connectivity index (χ2n) is 5.58. The highest BCUT2D eigenvalue weighted by Gasteiger charge is 2.11. The van der Waals surface area contributed by atoms with E-state index >= 15 is 0 Å². The molecule has 0 saturated carbocycles. The molecular weight excluding hydrogens is 364 g/mol. The highest BCUT2D eigenvalue weighted by molar-refractivity contribution is 9.10. The Balaban J connectivity index is 1.81. The van der Waals surface area contributed by atoms with Gasteiger partial charge in [0.05, 0.1) is 11.4 Å². The fourth-order valence-electron chi connectivity index (χ4n) is 2.49. The van der Waals surface area contributed by atoms with E-state index in [1.165, 1.54) is 0 Å². The first-order valence-corrected chi connectivity index (χ1v) is 8.36. The third-order valence-electron chi connectivity index (χ3n) is 3.83. The van der Waals surface area contributed by atoms with Crippen LogP contribution in [0, 0.1) is 6.92 Å². The van der Waals surface area contributed by atoms with Crippen LogP contribution in [0.5, 0.6) is 0 Å². The fraction of sp³-hybridized carbons (Fsp3) is 0.0500. The van der Waals surface area contributed by atoms with Gasteiger partial charge in [-0.2, -0.15) is 0 Å². The lowest BCUT2D eigenvalue weighted by atomic mass is 9.99. The van der Waals surface area contributed by atoms with Crippen molar-refractivity contribution >= 4 is 38.8 Å². The third-order valence-corrected chi connectivity index (χ3v) is 4.32. The molecule has 0 aliphatic carbocycles. The molecule has 0 aromatic heterocycles. The Kier molecular flexibility index (Phi) is 4.67. The number of benzene rings is 3. The van der Waals surface area contributed by atoms with Crippen LogP contribution in [-0.2, 0) is 0 Å². The molecule has 3 aromatic carbocycles. The van der Waals surface area contributed by atoms with Crippen LogP contribution in [0.4, 0.5) is 17.1 Å². The van der Waals surface area contributed by atoms with Crippen molar-refractivity contribution in [3.63, 3.8) is 0 Å². The Hall–Kier alpha value is -2.59. The van der Waals surface area contributed by atoms with E-state index in [0.29, 0.717) is 11.3 Å². The van der Waals surface area contributed by atoms with E-state index in [1.807, 2.05) is 73.7 Å². The molecule has 0 radical (unpaired) electrons. The number of nitrogens with two attached hydrogens (primary N) is 1. The average Bonchev–Trinajstić information content (AvgIpc) is 2.58. The van der Waals surface area contributed by atoms with Crippen LogP contribution in [0.2, 0.25) is 0 Å². The number of anilines is 3. The lowest BCUT2D eigenvalue weighted by Crippen LogP contribution is -2.03. The summed E-state index contributed by atoms with van der Waals surface area (Å²) in [4.78, 5) is 12.6. The van der Waals surface area contributed by atoms with Crippen LogP contribution in [-0.4, -0.2) is 5.78 Å². The van der Waals surface area contributed by atoms with Gasteiger partial charge in [0.25, 0.3) is 0 Å². The monoisotopic (exact) mass is 380 g/mol. The number of carbonyl (C=O) groups is 1. The summed E-state index contributed by atoms with van der Waals surface area (Å²) < 4.78 is 0.935. The van der Waals surface area contributed by atoms with Crippen LogP contribution in [0.25, 0.3) is 0 Å². The highest BCUT2D eigenvalue weighted by atomic mass is 79.9. The fourth-order valence-corrected chi connectivity index (χ4v) is 2.87. The van der Waals surface area contributed by atoms with Crippen LogP contribution >= 0.6 is 15.9 Å². The standard InChI is InChI=1S/C20H17BrN2O/c1-13-4-2-3-5-17(13)20(24)14-6-9-16(10-7-14)23-19-11-8-15(21)12-18(19)22/h2-12,23H,22H2,1H3. The maximum absolute atomic E-state index is 12.6. The summed E-state index contributed by atoms with van der Waals surface area (Å²) in [5.41, 5.74) is 10.7. The number of ketones is 1. The minimum Gasteiger partial charge on any atom is -0.397 e. The van der Waals surface area contributed by atoms with Crippen molar-refractivity contribution in [2.24, 2.45) is 0 Å². The average molecular weight is 381 g/mol. The SMILES string of the molecule is Cc1ccccc1C(=O)c1ccc(Nc2ccc(Br)cc2N)cc1. The number of halogens is 1. The predicted molar refractivity (Wildman–Crippen MR) is 103 cm³/mol. The zero-order valence-corrected chi connectivity index (χ0v) is 14.8. The van der Waals surface area contributed by atoms with Gasteiger partial charge in [0, 0.05) is 21.3 Å². The van der Waals surface area contributed by atoms with E-state index in [4.69, 9.17) is 5.73 Å². The van der Waals surface area contributed by atoms with Gasteiger partial charge in [-0.3, -0.25) is 4.79 Å². The third kappa shape index (κ3) is 3.49. The second kappa shape index (κ2) is 6.89. The van der Waals surface area contributed by atoms with Gasteiger partial charge in [-0.05, 0) is 55.0 Å². The van der Waals surface area contributed by atoms with E-state index in [0.717, 1.165) is 27.0 Å². The van der Waals surface area contributed by atoms with Crippen molar-refractivity contribution < 1.29 is 4.79 Å². The molecule has 0 saturated heterocycles. The van der Waals surface area contributed by atoms with E-state index in [1.54, 1.807) is 0 Å². The molecular formula is C20H17BrN2O. The Labute approximate surface area is 149 Å². The van der Waals surface area contributed by atoms with Crippen molar-refractivity contribution in [1.82, 2.24) is 0 Å².